The summed E-state index contributed by atoms with van der Waals surface area (Å²) in [5.74, 6) is 2.38. The zero-order valence-corrected chi connectivity index (χ0v) is 15.1. The Balaban J connectivity index is 0.00000180. The van der Waals surface area contributed by atoms with Gasteiger partial charge in [-0.3, -0.25) is 4.79 Å². The van der Waals surface area contributed by atoms with Gasteiger partial charge in [-0.2, -0.15) is 11.8 Å². The Hall–Kier alpha value is 0.500. The van der Waals surface area contributed by atoms with Crippen molar-refractivity contribution >= 4 is 64.0 Å². The van der Waals surface area contributed by atoms with Crippen LogP contribution < -0.4 is 10.6 Å². The first-order valence-electron chi connectivity index (χ1n) is 6.06. The van der Waals surface area contributed by atoms with E-state index in [1.54, 1.807) is 11.3 Å². The van der Waals surface area contributed by atoms with Crippen LogP contribution in [0.25, 0.3) is 0 Å². The molecule has 19 heavy (non-hydrogen) atoms. The zero-order chi connectivity index (χ0) is 12.8. The summed E-state index contributed by atoms with van der Waals surface area (Å²) >= 11 is 6.04. The normalized spacial score (nSPS) is 18.7. The molecule has 1 unspecified atom stereocenters. The molecular weight excluding hydrogens is 415 g/mol. The molecule has 0 radical (unpaired) electrons. The van der Waals surface area contributed by atoms with Gasteiger partial charge in [0, 0.05) is 41.9 Å². The topological polar surface area (TPSA) is 41.1 Å². The van der Waals surface area contributed by atoms with E-state index in [4.69, 9.17) is 0 Å². The van der Waals surface area contributed by atoms with E-state index >= 15 is 0 Å². The number of hydrogen-bond acceptors (Lipinski definition) is 4. The molecule has 2 heterocycles. The van der Waals surface area contributed by atoms with Crippen LogP contribution in [0.5, 0.6) is 0 Å². The minimum Gasteiger partial charge on any atom is -0.356 e. The van der Waals surface area contributed by atoms with E-state index in [2.05, 4.69) is 45.4 Å². The van der Waals surface area contributed by atoms with Crippen molar-refractivity contribution in [2.24, 2.45) is 0 Å². The lowest BCUT2D eigenvalue weighted by atomic mass is 10.2. The predicted molar refractivity (Wildman–Crippen MR) is 94.7 cm³/mol. The van der Waals surface area contributed by atoms with Crippen molar-refractivity contribution in [3.63, 3.8) is 0 Å². The second-order valence-corrected chi connectivity index (χ2v) is 8.45. The average Bonchev–Trinajstić information content (AvgIpc) is 2.76. The molecular formula is C12H18ClIN2OS2. The standard InChI is InChI=1S/C12H17IN2OS2.ClH/c13-11-2-1-10(18-11)3-4-15-12(16)7-9-8-17-6-5-14-9;/h1-2,9,14H,3-8H2,(H,15,16);1H. The number of thiophene rings is 1. The van der Waals surface area contributed by atoms with Crippen molar-refractivity contribution in [3.05, 3.63) is 19.9 Å². The molecule has 1 saturated heterocycles. The highest BCUT2D eigenvalue weighted by molar-refractivity contribution is 14.1. The summed E-state index contributed by atoms with van der Waals surface area (Å²) in [6.45, 7) is 1.77. The average molecular weight is 433 g/mol. The Morgan fingerprint density at radius 3 is 3.00 bits per heavy atom. The van der Waals surface area contributed by atoms with Crippen molar-refractivity contribution in [1.29, 1.82) is 0 Å². The third-order valence-electron chi connectivity index (χ3n) is 2.75. The van der Waals surface area contributed by atoms with Crippen LogP contribution in [0.15, 0.2) is 12.1 Å². The van der Waals surface area contributed by atoms with Crippen LogP contribution >= 0.6 is 58.1 Å². The highest BCUT2D eigenvalue weighted by atomic mass is 127. The summed E-state index contributed by atoms with van der Waals surface area (Å²) in [7, 11) is 0. The lowest BCUT2D eigenvalue weighted by Crippen LogP contribution is -2.41. The zero-order valence-electron chi connectivity index (χ0n) is 10.5. The van der Waals surface area contributed by atoms with Crippen LogP contribution in [0.4, 0.5) is 0 Å². The SMILES string of the molecule is Cl.O=C(CC1CSCCN1)NCCc1ccc(I)s1. The number of nitrogens with one attached hydrogen (secondary N) is 2. The summed E-state index contributed by atoms with van der Waals surface area (Å²) in [5, 5.41) is 6.38. The fourth-order valence-corrected chi connectivity index (χ4v) is 4.56. The van der Waals surface area contributed by atoms with Crippen LogP contribution in [0, 0.1) is 2.88 Å². The van der Waals surface area contributed by atoms with Gasteiger partial charge in [-0.15, -0.1) is 23.7 Å². The first kappa shape index (κ1) is 17.6. The summed E-state index contributed by atoms with van der Waals surface area (Å²) < 4.78 is 1.30. The minimum absolute atomic E-state index is 0. The Morgan fingerprint density at radius 1 is 1.53 bits per heavy atom. The third-order valence-corrected chi connectivity index (χ3v) is 5.84. The fraction of sp³-hybridized carbons (Fsp3) is 0.583. The van der Waals surface area contributed by atoms with Crippen LogP contribution in [0.1, 0.15) is 11.3 Å². The van der Waals surface area contributed by atoms with Gasteiger partial charge < -0.3 is 10.6 Å². The van der Waals surface area contributed by atoms with Gasteiger partial charge in [0.1, 0.15) is 0 Å². The molecule has 0 aliphatic carbocycles. The molecule has 2 N–H and O–H groups in total. The lowest BCUT2D eigenvalue weighted by Gasteiger charge is -2.22. The number of hydrogen-bond donors (Lipinski definition) is 2. The molecule has 3 nitrogen and oxygen atoms in total. The van der Waals surface area contributed by atoms with E-state index in [0.29, 0.717) is 12.5 Å². The van der Waals surface area contributed by atoms with E-state index < -0.39 is 0 Å². The van der Waals surface area contributed by atoms with Gasteiger partial charge in [-0.1, -0.05) is 0 Å². The van der Waals surface area contributed by atoms with Crippen LogP contribution in [-0.4, -0.2) is 36.5 Å². The van der Waals surface area contributed by atoms with Crippen LogP contribution in [0.3, 0.4) is 0 Å². The van der Waals surface area contributed by atoms with Crippen molar-refractivity contribution in [2.45, 2.75) is 18.9 Å². The summed E-state index contributed by atoms with van der Waals surface area (Å²) in [6.07, 6.45) is 1.54. The highest BCUT2D eigenvalue weighted by Crippen LogP contribution is 2.18. The largest absolute Gasteiger partial charge is 0.356 e. The van der Waals surface area contributed by atoms with Crippen molar-refractivity contribution in [3.8, 4) is 0 Å². The molecule has 0 bridgehead atoms. The molecule has 1 aromatic heterocycles. The van der Waals surface area contributed by atoms with E-state index in [-0.39, 0.29) is 18.3 Å². The maximum atomic E-state index is 11.7. The number of carbonyl (C=O) groups is 1. The second kappa shape index (κ2) is 9.44. The number of rotatable bonds is 5. The molecule has 1 amide bonds. The van der Waals surface area contributed by atoms with E-state index in [1.165, 1.54) is 7.76 Å². The number of carbonyl (C=O) groups excluding carboxylic acids is 1. The van der Waals surface area contributed by atoms with Gasteiger partial charge in [0.2, 0.25) is 5.91 Å². The molecule has 1 aromatic rings. The fourth-order valence-electron chi connectivity index (χ4n) is 1.86. The van der Waals surface area contributed by atoms with Gasteiger partial charge in [-0.25, -0.2) is 0 Å². The number of halogens is 2. The van der Waals surface area contributed by atoms with Gasteiger partial charge in [0.25, 0.3) is 0 Å². The Kier molecular flexibility index (Phi) is 8.72. The highest BCUT2D eigenvalue weighted by Gasteiger charge is 2.16. The first-order valence-corrected chi connectivity index (χ1v) is 9.11. The molecule has 1 atom stereocenters. The molecule has 2 rings (SSSR count). The lowest BCUT2D eigenvalue weighted by molar-refractivity contribution is -0.121. The molecule has 0 spiro atoms. The molecule has 108 valence electrons. The molecule has 0 aromatic carbocycles. The van der Waals surface area contributed by atoms with Crippen molar-refractivity contribution < 1.29 is 4.79 Å². The number of thioether (sulfide) groups is 1. The third kappa shape index (κ3) is 6.66. The molecule has 1 aliphatic heterocycles. The Morgan fingerprint density at radius 2 is 2.37 bits per heavy atom. The van der Waals surface area contributed by atoms with E-state index in [9.17, 15) is 4.79 Å². The molecule has 7 heteroatoms. The van der Waals surface area contributed by atoms with Gasteiger partial charge in [0.15, 0.2) is 0 Å². The predicted octanol–water partition coefficient (Wildman–Crippen LogP) is 2.53. The maximum absolute atomic E-state index is 11.7. The molecule has 1 aliphatic rings. The minimum atomic E-state index is 0. The first-order chi connectivity index (χ1) is 8.74. The monoisotopic (exact) mass is 432 g/mol. The maximum Gasteiger partial charge on any atom is 0.221 e. The van der Waals surface area contributed by atoms with E-state index in [0.717, 1.165) is 31.0 Å². The quantitative estimate of drug-likeness (QED) is 0.703. The number of amides is 1. The second-order valence-electron chi connectivity index (χ2n) is 4.24. The van der Waals surface area contributed by atoms with Crippen LogP contribution in [-0.2, 0) is 11.2 Å². The molecule has 0 saturated carbocycles. The summed E-state index contributed by atoms with van der Waals surface area (Å²) in [4.78, 5) is 13.1. The van der Waals surface area contributed by atoms with Gasteiger partial charge in [-0.05, 0) is 41.1 Å². The van der Waals surface area contributed by atoms with E-state index in [1.807, 2.05) is 11.8 Å². The Bertz CT molecular complexity index is 397. The van der Waals surface area contributed by atoms with Crippen molar-refractivity contribution in [1.82, 2.24) is 10.6 Å². The van der Waals surface area contributed by atoms with Gasteiger partial charge in [0.05, 0.1) is 2.88 Å². The van der Waals surface area contributed by atoms with Gasteiger partial charge >= 0.3 is 0 Å². The summed E-state index contributed by atoms with van der Waals surface area (Å²) in [6, 6.07) is 4.61. The van der Waals surface area contributed by atoms with Crippen LogP contribution in [0.2, 0.25) is 0 Å². The smallest absolute Gasteiger partial charge is 0.221 e. The van der Waals surface area contributed by atoms with Crippen molar-refractivity contribution in [2.75, 3.05) is 24.6 Å². The summed E-state index contributed by atoms with van der Waals surface area (Å²) in [5.41, 5.74) is 0. The molecule has 1 fully saturated rings. The Labute approximate surface area is 142 Å².